The Hall–Kier alpha value is -1.23. The zero-order chi connectivity index (χ0) is 14.5. The monoisotopic (exact) mass is 329 g/mol. The van der Waals surface area contributed by atoms with Gasteiger partial charge in [0.05, 0.1) is 0 Å². The summed E-state index contributed by atoms with van der Waals surface area (Å²) in [6, 6.07) is 4.05. The Kier molecular flexibility index (Phi) is 5.66. The fourth-order valence-corrected chi connectivity index (χ4v) is 2.76. The molecule has 0 bridgehead atoms. The standard InChI is InChI=1S/C14H20BrNO3/c1-3-14(4-2,8-15)9-16-13(19)10-5-6-11(17)12(18)7-10/h5-7,17-18H,3-4,8-9H2,1-2H3,(H,16,19). The maximum absolute atomic E-state index is 12.0. The van der Waals surface area contributed by atoms with E-state index in [1.165, 1.54) is 18.2 Å². The van der Waals surface area contributed by atoms with Gasteiger partial charge in [-0.1, -0.05) is 29.8 Å². The van der Waals surface area contributed by atoms with E-state index in [1.54, 1.807) is 0 Å². The van der Waals surface area contributed by atoms with Crippen LogP contribution in [0.4, 0.5) is 0 Å². The van der Waals surface area contributed by atoms with Crippen molar-refractivity contribution in [3.8, 4) is 11.5 Å². The molecule has 1 aromatic rings. The second-order valence-electron chi connectivity index (χ2n) is 4.73. The van der Waals surface area contributed by atoms with Crippen molar-refractivity contribution in [2.45, 2.75) is 26.7 Å². The number of aromatic hydroxyl groups is 2. The smallest absolute Gasteiger partial charge is 0.251 e. The Balaban J connectivity index is 2.72. The van der Waals surface area contributed by atoms with E-state index in [4.69, 9.17) is 0 Å². The van der Waals surface area contributed by atoms with Crippen LogP contribution in [0.1, 0.15) is 37.0 Å². The maximum atomic E-state index is 12.0. The average Bonchev–Trinajstić information content (AvgIpc) is 2.43. The van der Waals surface area contributed by atoms with Gasteiger partial charge in [-0.15, -0.1) is 0 Å². The van der Waals surface area contributed by atoms with E-state index in [9.17, 15) is 15.0 Å². The summed E-state index contributed by atoms with van der Waals surface area (Å²) in [4.78, 5) is 12.0. The maximum Gasteiger partial charge on any atom is 0.251 e. The summed E-state index contributed by atoms with van der Waals surface area (Å²) in [6.45, 7) is 4.78. The number of halogens is 1. The van der Waals surface area contributed by atoms with E-state index in [2.05, 4.69) is 35.1 Å². The van der Waals surface area contributed by atoms with Crippen LogP contribution in [0.2, 0.25) is 0 Å². The molecular weight excluding hydrogens is 310 g/mol. The van der Waals surface area contributed by atoms with Crippen molar-refractivity contribution < 1.29 is 15.0 Å². The normalized spacial score (nSPS) is 11.3. The number of amides is 1. The lowest BCUT2D eigenvalue weighted by Crippen LogP contribution is -2.38. The Labute approximate surface area is 122 Å². The summed E-state index contributed by atoms with van der Waals surface area (Å²) in [7, 11) is 0. The number of nitrogens with one attached hydrogen (secondary N) is 1. The molecule has 0 radical (unpaired) electrons. The van der Waals surface area contributed by atoms with E-state index in [0.717, 1.165) is 18.2 Å². The van der Waals surface area contributed by atoms with Crippen LogP contribution in [0.25, 0.3) is 0 Å². The zero-order valence-electron chi connectivity index (χ0n) is 11.2. The molecule has 0 fully saturated rings. The predicted molar refractivity (Wildman–Crippen MR) is 78.9 cm³/mol. The molecule has 0 heterocycles. The Bertz CT molecular complexity index is 436. The highest BCUT2D eigenvalue weighted by molar-refractivity contribution is 9.09. The fraction of sp³-hybridized carbons (Fsp3) is 0.500. The Morgan fingerprint density at radius 1 is 1.26 bits per heavy atom. The van der Waals surface area contributed by atoms with Crippen LogP contribution in [0.15, 0.2) is 18.2 Å². The molecule has 5 heteroatoms. The molecule has 106 valence electrons. The largest absolute Gasteiger partial charge is 0.504 e. The van der Waals surface area contributed by atoms with Crippen molar-refractivity contribution in [3.63, 3.8) is 0 Å². The van der Waals surface area contributed by atoms with E-state index in [1.807, 2.05) is 0 Å². The highest BCUT2D eigenvalue weighted by atomic mass is 79.9. The first-order valence-electron chi connectivity index (χ1n) is 6.34. The average molecular weight is 330 g/mol. The van der Waals surface area contributed by atoms with Gasteiger partial charge in [-0.3, -0.25) is 4.79 Å². The molecule has 0 unspecified atom stereocenters. The van der Waals surface area contributed by atoms with Gasteiger partial charge in [0.2, 0.25) is 0 Å². The lowest BCUT2D eigenvalue weighted by molar-refractivity contribution is 0.0932. The number of alkyl halides is 1. The van der Waals surface area contributed by atoms with Crippen LogP contribution in [0.5, 0.6) is 11.5 Å². The van der Waals surface area contributed by atoms with Crippen LogP contribution in [-0.2, 0) is 0 Å². The van der Waals surface area contributed by atoms with Gasteiger partial charge in [-0.05, 0) is 36.5 Å². The highest BCUT2D eigenvalue weighted by Gasteiger charge is 2.25. The molecule has 0 aliphatic heterocycles. The molecule has 1 rings (SSSR count). The van der Waals surface area contributed by atoms with Gasteiger partial charge in [0.1, 0.15) is 0 Å². The van der Waals surface area contributed by atoms with Gasteiger partial charge in [0.15, 0.2) is 11.5 Å². The quantitative estimate of drug-likeness (QED) is 0.555. The fourth-order valence-electron chi connectivity index (χ4n) is 1.77. The minimum absolute atomic E-state index is 0.0502. The molecule has 0 saturated heterocycles. The third kappa shape index (κ3) is 3.86. The number of carbonyl (C=O) groups excluding carboxylic acids is 1. The number of benzene rings is 1. The Morgan fingerprint density at radius 2 is 1.89 bits per heavy atom. The molecule has 19 heavy (non-hydrogen) atoms. The van der Waals surface area contributed by atoms with Gasteiger partial charge in [-0.2, -0.15) is 0 Å². The summed E-state index contributed by atoms with van der Waals surface area (Å²) >= 11 is 3.50. The minimum atomic E-state index is -0.287. The highest BCUT2D eigenvalue weighted by Crippen LogP contribution is 2.28. The third-order valence-corrected chi connectivity index (χ3v) is 4.83. The first-order chi connectivity index (χ1) is 8.98. The first-order valence-corrected chi connectivity index (χ1v) is 7.46. The molecular formula is C14H20BrNO3. The van der Waals surface area contributed by atoms with Crippen molar-refractivity contribution >= 4 is 21.8 Å². The predicted octanol–water partition coefficient (Wildman–Crippen LogP) is 3.03. The van der Waals surface area contributed by atoms with Crippen molar-refractivity contribution in [1.82, 2.24) is 5.32 Å². The van der Waals surface area contributed by atoms with Crippen LogP contribution in [0.3, 0.4) is 0 Å². The number of phenols is 2. The number of phenolic OH excluding ortho intramolecular Hbond substituents is 2. The molecule has 0 aliphatic rings. The summed E-state index contributed by atoms with van der Waals surface area (Å²) in [6.07, 6.45) is 1.94. The van der Waals surface area contributed by atoms with E-state index in [0.29, 0.717) is 12.1 Å². The van der Waals surface area contributed by atoms with Crippen molar-refractivity contribution in [1.29, 1.82) is 0 Å². The molecule has 0 spiro atoms. The SMILES string of the molecule is CCC(CC)(CBr)CNC(=O)c1ccc(O)c(O)c1. The first kappa shape index (κ1) is 15.8. The Morgan fingerprint density at radius 3 is 2.37 bits per heavy atom. The molecule has 0 aliphatic carbocycles. The van der Waals surface area contributed by atoms with Gasteiger partial charge in [-0.25, -0.2) is 0 Å². The molecule has 4 nitrogen and oxygen atoms in total. The zero-order valence-corrected chi connectivity index (χ0v) is 12.8. The van der Waals surface area contributed by atoms with Crippen LogP contribution < -0.4 is 5.32 Å². The van der Waals surface area contributed by atoms with Crippen LogP contribution in [-0.4, -0.2) is 28.0 Å². The molecule has 0 aromatic heterocycles. The van der Waals surface area contributed by atoms with Gasteiger partial charge >= 0.3 is 0 Å². The molecule has 3 N–H and O–H groups in total. The van der Waals surface area contributed by atoms with E-state index in [-0.39, 0.29) is 22.8 Å². The molecule has 0 atom stereocenters. The number of hydrogen-bond donors (Lipinski definition) is 3. The molecule has 1 aromatic carbocycles. The summed E-state index contributed by atoms with van der Waals surface area (Å²) < 4.78 is 0. The summed E-state index contributed by atoms with van der Waals surface area (Å²) in [5.41, 5.74) is 0.389. The van der Waals surface area contributed by atoms with E-state index < -0.39 is 0 Å². The minimum Gasteiger partial charge on any atom is -0.504 e. The second-order valence-corrected chi connectivity index (χ2v) is 5.29. The van der Waals surface area contributed by atoms with E-state index >= 15 is 0 Å². The van der Waals surface area contributed by atoms with Crippen molar-refractivity contribution in [3.05, 3.63) is 23.8 Å². The second kappa shape index (κ2) is 6.80. The van der Waals surface area contributed by atoms with Crippen molar-refractivity contribution in [2.75, 3.05) is 11.9 Å². The molecule has 1 amide bonds. The third-order valence-electron chi connectivity index (χ3n) is 3.65. The topological polar surface area (TPSA) is 69.6 Å². The van der Waals surface area contributed by atoms with Gasteiger partial charge in [0, 0.05) is 17.4 Å². The lowest BCUT2D eigenvalue weighted by Gasteiger charge is -2.29. The van der Waals surface area contributed by atoms with Gasteiger partial charge < -0.3 is 15.5 Å². The summed E-state index contributed by atoms with van der Waals surface area (Å²) in [5.74, 6) is -0.763. The summed E-state index contributed by atoms with van der Waals surface area (Å²) in [5, 5.41) is 22.3. The number of rotatable bonds is 6. The van der Waals surface area contributed by atoms with Crippen LogP contribution in [0, 0.1) is 5.41 Å². The van der Waals surface area contributed by atoms with Gasteiger partial charge in [0.25, 0.3) is 5.91 Å². The number of carbonyl (C=O) groups is 1. The lowest BCUT2D eigenvalue weighted by atomic mass is 9.84. The molecule has 0 saturated carbocycles. The van der Waals surface area contributed by atoms with Crippen molar-refractivity contribution in [2.24, 2.45) is 5.41 Å². The van der Waals surface area contributed by atoms with Crippen LogP contribution >= 0.6 is 15.9 Å². The number of hydrogen-bond acceptors (Lipinski definition) is 3.